The molecule has 0 atom stereocenters. The van der Waals surface area contributed by atoms with Gasteiger partial charge in [0.05, 0.1) is 11.3 Å². The van der Waals surface area contributed by atoms with E-state index in [-0.39, 0.29) is 11.3 Å². The molecule has 2 aromatic rings. The van der Waals surface area contributed by atoms with Gasteiger partial charge in [0.1, 0.15) is 0 Å². The molecule has 0 spiro atoms. The monoisotopic (exact) mass is 360 g/mol. The van der Waals surface area contributed by atoms with Crippen molar-refractivity contribution in [2.45, 2.75) is 6.18 Å². The van der Waals surface area contributed by atoms with E-state index in [9.17, 15) is 22.8 Å². The van der Waals surface area contributed by atoms with E-state index < -0.39 is 23.2 Å². The van der Waals surface area contributed by atoms with Crippen LogP contribution < -0.4 is 10.9 Å². The fraction of sp³-hybridized carbons (Fsp3) is 0.0769. The Balaban J connectivity index is 2.31. The summed E-state index contributed by atoms with van der Waals surface area (Å²) in [5.74, 6) is -0.680. The molecule has 1 amide bonds. The highest BCUT2D eigenvalue weighted by Crippen LogP contribution is 2.34. The summed E-state index contributed by atoms with van der Waals surface area (Å²) in [6.45, 7) is 0. The second-order valence-corrected chi connectivity index (χ2v) is 4.94. The minimum absolute atomic E-state index is 0.0323. The van der Waals surface area contributed by atoms with Crippen molar-refractivity contribution >= 4 is 27.5 Å². The first-order valence-corrected chi connectivity index (χ1v) is 6.43. The largest absolute Gasteiger partial charge is 0.416 e. The number of carbonyl (C=O) groups excluding carboxylic acids is 1. The lowest BCUT2D eigenvalue weighted by molar-refractivity contribution is -0.137. The minimum Gasteiger partial charge on any atom is -0.329 e. The van der Waals surface area contributed by atoms with Crippen molar-refractivity contribution in [3.05, 3.63) is 62.5 Å². The van der Waals surface area contributed by atoms with E-state index in [1.165, 1.54) is 18.3 Å². The van der Waals surface area contributed by atoms with Gasteiger partial charge in [-0.2, -0.15) is 13.2 Å². The zero-order chi connectivity index (χ0) is 15.6. The fourth-order valence-corrected chi connectivity index (χ4v) is 1.92. The van der Waals surface area contributed by atoms with Crippen molar-refractivity contribution in [1.82, 2.24) is 4.98 Å². The highest BCUT2D eigenvalue weighted by molar-refractivity contribution is 9.10. The third-order valence-electron chi connectivity index (χ3n) is 2.58. The average Bonchev–Trinajstić information content (AvgIpc) is 2.40. The highest BCUT2D eigenvalue weighted by Gasteiger charge is 2.31. The molecular formula is C13H8BrF3N2O2. The van der Waals surface area contributed by atoms with E-state index in [2.05, 4.69) is 26.2 Å². The number of H-pyrrole nitrogens is 1. The fourth-order valence-electron chi connectivity index (χ4n) is 1.58. The summed E-state index contributed by atoms with van der Waals surface area (Å²) in [5, 5.41) is 2.33. The lowest BCUT2D eigenvalue weighted by Gasteiger charge is -2.11. The number of hydrogen-bond donors (Lipinski definition) is 2. The van der Waals surface area contributed by atoms with E-state index >= 15 is 0 Å². The molecule has 1 aromatic carbocycles. The summed E-state index contributed by atoms with van der Waals surface area (Å²) < 4.78 is 38.2. The first-order valence-electron chi connectivity index (χ1n) is 5.64. The molecule has 1 heterocycles. The summed E-state index contributed by atoms with van der Waals surface area (Å²) in [5.41, 5.74) is -1.35. The van der Waals surface area contributed by atoms with Crippen LogP contribution in [0.4, 0.5) is 18.9 Å². The number of alkyl halides is 3. The number of rotatable bonds is 2. The zero-order valence-electron chi connectivity index (χ0n) is 10.3. The molecule has 4 nitrogen and oxygen atoms in total. The van der Waals surface area contributed by atoms with Crippen LogP contribution in [-0.4, -0.2) is 10.9 Å². The molecule has 0 aliphatic rings. The Morgan fingerprint density at radius 2 is 1.90 bits per heavy atom. The Kier molecular flexibility index (Phi) is 4.17. The van der Waals surface area contributed by atoms with Crippen molar-refractivity contribution in [2.75, 3.05) is 5.32 Å². The summed E-state index contributed by atoms with van der Waals surface area (Å²) in [7, 11) is 0. The van der Waals surface area contributed by atoms with Gasteiger partial charge in [-0.25, -0.2) is 0 Å². The molecule has 1 aromatic heterocycles. The van der Waals surface area contributed by atoms with Crippen LogP contribution in [0.15, 0.2) is 45.8 Å². The molecule has 0 aliphatic carbocycles. The number of carbonyl (C=O) groups is 1. The lowest BCUT2D eigenvalue weighted by atomic mass is 10.2. The number of amides is 1. The summed E-state index contributed by atoms with van der Waals surface area (Å²) in [4.78, 5) is 25.4. The van der Waals surface area contributed by atoms with Crippen LogP contribution in [0.3, 0.4) is 0 Å². The number of halogens is 4. The Morgan fingerprint density at radius 3 is 2.52 bits per heavy atom. The Hall–Kier alpha value is -2.09. The van der Waals surface area contributed by atoms with Crippen LogP contribution in [0.5, 0.6) is 0 Å². The van der Waals surface area contributed by atoms with Crippen LogP contribution in [0.1, 0.15) is 15.9 Å². The molecule has 21 heavy (non-hydrogen) atoms. The van der Waals surface area contributed by atoms with Crippen molar-refractivity contribution < 1.29 is 18.0 Å². The second kappa shape index (κ2) is 5.72. The Morgan fingerprint density at radius 1 is 1.19 bits per heavy atom. The van der Waals surface area contributed by atoms with Crippen LogP contribution in [0.2, 0.25) is 0 Å². The maximum atomic E-state index is 12.6. The second-order valence-electron chi connectivity index (χ2n) is 4.09. The first kappa shape index (κ1) is 15.3. The number of hydrogen-bond acceptors (Lipinski definition) is 2. The first-order chi connectivity index (χ1) is 9.77. The molecule has 2 N–H and O–H groups in total. The van der Waals surface area contributed by atoms with Gasteiger partial charge in [0.2, 0.25) is 5.56 Å². The van der Waals surface area contributed by atoms with Crippen LogP contribution in [-0.2, 0) is 6.18 Å². The summed E-state index contributed by atoms with van der Waals surface area (Å²) in [6.07, 6.45) is -3.23. The molecule has 0 unspecified atom stereocenters. The number of aromatic nitrogens is 1. The standard InChI is InChI=1S/C13H8BrF3N2O2/c14-9-2-1-8(13(15,16)17)6-10(9)19-12(21)7-3-4-18-11(20)5-7/h1-6H,(H,18,20)(H,19,21). The van der Waals surface area contributed by atoms with Gasteiger partial charge < -0.3 is 10.3 Å². The molecule has 0 saturated carbocycles. The molecular weight excluding hydrogens is 353 g/mol. The Labute approximate surface area is 125 Å². The van der Waals surface area contributed by atoms with E-state index in [1.807, 2.05) is 0 Å². The topological polar surface area (TPSA) is 62.0 Å². The number of aromatic amines is 1. The third-order valence-corrected chi connectivity index (χ3v) is 3.27. The molecule has 0 fully saturated rings. The average molecular weight is 361 g/mol. The summed E-state index contributed by atoms with van der Waals surface area (Å²) in [6, 6.07) is 5.30. The number of pyridine rings is 1. The normalized spacial score (nSPS) is 11.2. The van der Waals surface area contributed by atoms with Gasteiger partial charge >= 0.3 is 6.18 Å². The highest BCUT2D eigenvalue weighted by atomic mass is 79.9. The van der Waals surface area contributed by atoms with Crippen molar-refractivity contribution in [3.8, 4) is 0 Å². The smallest absolute Gasteiger partial charge is 0.329 e. The number of benzene rings is 1. The van der Waals surface area contributed by atoms with Crippen LogP contribution in [0.25, 0.3) is 0 Å². The number of nitrogens with one attached hydrogen (secondary N) is 2. The molecule has 2 rings (SSSR count). The SMILES string of the molecule is O=C(Nc1cc(C(F)(F)F)ccc1Br)c1cc[nH]c(=O)c1. The van der Waals surface area contributed by atoms with Gasteiger partial charge in [-0.05, 0) is 40.2 Å². The maximum absolute atomic E-state index is 12.6. The van der Waals surface area contributed by atoms with Gasteiger partial charge in [0.25, 0.3) is 5.91 Å². The van der Waals surface area contributed by atoms with Gasteiger partial charge in [0, 0.05) is 22.3 Å². The van der Waals surface area contributed by atoms with Crippen molar-refractivity contribution in [3.63, 3.8) is 0 Å². The van der Waals surface area contributed by atoms with Gasteiger partial charge in [-0.3, -0.25) is 9.59 Å². The van der Waals surface area contributed by atoms with Crippen LogP contribution >= 0.6 is 15.9 Å². The van der Waals surface area contributed by atoms with Gasteiger partial charge in [-0.1, -0.05) is 0 Å². The van der Waals surface area contributed by atoms with Crippen molar-refractivity contribution in [2.24, 2.45) is 0 Å². The molecule has 0 bridgehead atoms. The van der Waals surface area contributed by atoms with E-state index in [0.717, 1.165) is 18.2 Å². The molecule has 0 radical (unpaired) electrons. The van der Waals surface area contributed by atoms with E-state index in [4.69, 9.17) is 0 Å². The van der Waals surface area contributed by atoms with Gasteiger partial charge in [0.15, 0.2) is 0 Å². The minimum atomic E-state index is -4.51. The van der Waals surface area contributed by atoms with Gasteiger partial charge in [-0.15, -0.1) is 0 Å². The Bertz CT molecular complexity index is 741. The predicted octanol–water partition coefficient (Wildman–Crippen LogP) is 3.41. The molecule has 8 heteroatoms. The molecule has 0 saturated heterocycles. The zero-order valence-corrected chi connectivity index (χ0v) is 11.9. The van der Waals surface area contributed by atoms with E-state index in [1.54, 1.807) is 0 Å². The van der Waals surface area contributed by atoms with Crippen LogP contribution in [0, 0.1) is 0 Å². The summed E-state index contributed by atoms with van der Waals surface area (Å²) >= 11 is 3.06. The predicted molar refractivity (Wildman–Crippen MR) is 74.2 cm³/mol. The quantitative estimate of drug-likeness (QED) is 0.861. The number of anilines is 1. The van der Waals surface area contributed by atoms with E-state index in [0.29, 0.717) is 4.47 Å². The molecule has 0 aliphatic heterocycles. The molecule has 110 valence electrons. The third kappa shape index (κ3) is 3.72. The lowest BCUT2D eigenvalue weighted by Crippen LogP contribution is -2.16. The maximum Gasteiger partial charge on any atom is 0.416 e. The van der Waals surface area contributed by atoms with Crippen molar-refractivity contribution in [1.29, 1.82) is 0 Å².